The third-order valence-electron chi connectivity index (χ3n) is 4.89. The summed E-state index contributed by atoms with van der Waals surface area (Å²) < 4.78 is 60.0. The SMILES string of the molecule is CC1(C)C=Cc2c(ccc(C=Nc3ccc(NS(=O)(=O)c4cc(F)ccc4F)cc3)c2O)O1. The molecule has 170 valence electrons. The fourth-order valence-corrected chi connectivity index (χ4v) is 4.36. The van der Waals surface area contributed by atoms with Gasteiger partial charge in [0.2, 0.25) is 0 Å². The number of rotatable bonds is 5. The molecular formula is C24H20F2N2O4S. The van der Waals surface area contributed by atoms with Crippen molar-refractivity contribution in [3.63, 3.8) is 0 Å². The molecule has 0 radical (unpaired) electrons. The van der Waals surface area contributed by atoms with Crippen LogP contribution in [-0.4, -0.2) is 25.3 Å². The molecule has 1 heterocycles. The van der Waals surface area contributed by atoms with Crippen molar-refractivity contribution in [1.29, 1.82) is 0 Å². The molecule has 3 aromatic carbocycles. The van der Waals surface area contributed by atoms with Crippen molar-refractivity contribution in [2.45, 2.75) is 24.3 Å². The fraction of sp³-hybridized carbons (Fsp3) is 0.125. The molecule has 2 N–H and O–H groups in total. The Morgan fingerprint density at radius 2 is 1.79 bits per heavy atom. The molecule has 4 rings (SSSR count). The van der Waals surface area contributed by atoms with Gasteiger partial charge < -0.3 is 9.84 Å². The number of nitrogens with zero attached hydrogens (tertiary/aromatic N) is 1. The largest absolute Gasteiger partial charge is 0.506 e. The van der Waals surface area contributed by atoms with Gasteiger partial charge in [-0.05, 0) is 80.6 Å². The zero-order valence-electron chi connectivity index (χ0n) is 17.7. The smallest absolute Gasteiger partial charge is 0.264 e. The zero-order chi connectivity index (χ0) is 23.8. The molecule has 0 aliphatic carbocycles. The molecule has 0 saturated carbocycles. The topological polar surface area (TPSA) is 88.0 Å². The summed E-state index contributed by atoms with van der Waals surface area (Å²) in [4.78, 5) is 3.52. The highest BCUT2D eigenvalue weighted by Crippen LogP contribution is 2.38. The van der Waals surface area contributed by atoms with Crippen LogP contribution in [0, 0.1) is 11.6 Å². The normalized spacial score (nSPS) is 14.7. The number of hydrogen-bond donors (Lipinski definition) is 2. The van der Waals surface area contributed by atoms with Crippen LogP contribution in [0.5, 0.6) is 11.5 Å². The summed E-state index contributed by atoms with van der Waals surface area (Å²) in [5, 5.41) is 10.5. The van der Waals surface area contributed by atoms with Gasteiger partial charge >= 0.3 is 0 Å². The second-order valence-electron chi connectivity index (χ2n) is 7.94. The number of anilines is 1. The number of fused-ring (bicyclic) bond motifs is 1. The Morgan fingerprint density at radius 1 is 1.06 bits per heavy atom. The summed E-state index contributed by atoms with van der Waals surface area (Å²) in [6, 6.07) is 11.6. The summed E-state index contributed by atoms with van der Waals surface area (Å²) in [6.45, 7) is 3.83. The summed E-state index contributed by atoms with van der Waals surface area (Å²) >= 11 is 0. The van der Waals surface area contributed by atoms with Crippen molar-refractivity contribution < 1.29 is 27.0 Å². The molecule has 6 nitrogen and oxygen atoms in total. The number of halogens is 2. The van der Waals surface area contributed by atoms with Crippen LogP contribution in [0.1, 0.15) is 25.0 Å². The number of benzene rings is 3. The van der Waals surface area contributed by atoms with E-state index in [4.69, 9.17) is 4.74 Å². The maximum absolute atomic E-state index is 13.8. The van der Waals surface area contributed by atoms with E-state index < -0.39 is 32.2 Å². The standard InChI is InChI=1S/C24H20F2N2O4S/c1-24(2)12-11-19-21(32-24)10-3-15(23(19)29)14-27-17-5-7-18(8-6-17)28-33(30,31)22-13-16(25)4-9-20(22)26/h3-14,28-29H,1-2H3. The van der Waals surface area contributed by atoms with E-state index in [-0.39, 0.29) is 11.4 Å². The van der Waals surface area contributed by atoms with Crippen LogP contribution in [-0.2, 0) is 10.0 Å². The highest BCUT2D eigenvalue weighted by molar-refractivity contribution is 7.92. The lowest BCUT2D eigenvalue weighted by Crippen LogP contribution is -2.27. The van der Waals surface area contributed by atoms with Gasteiger partial charge in [0.1, 0.15) is 33.6 Å². The molecule has 0 bridgehead atoms. The minimum atomic E-state index is -4.31. The van der Waals surface area contributed by atoms with Gasteiger partial charge in [0.15, 0.2) is 0 Å². The Kier molecular flexibility index (Phi) is 5.67. The predicted octanol–water partition coefficient (Wildman–Crippen LogP) is 5.41. The minimum Gasteiger partial charge on any atom is -0.506 e. The lowest BCUT2D eigenvalue weighted by Gasteiger charge is -2.28. The van der Waals surface area contributed by atoms with E-state index in [0.717, 1.165) is 12.1 Å². The third-order valence-corrected chi connectivity index (χ3v) is 6.28. The zero-order valence-corrected chi connectivity index (χ0v) is 18.5. The van der Waals surface area contributed by atoms with E-state index in [1.807, 2.05) is 19.9 Å². The molecule has 9 heteroatoms. The molecule has 3 aromatic rings. The summed E-state index contributed by atoms with van der Waals surface area (Å²) in [5.41, 5.74) is 1.22. The van der Waals surface area contributed by atoms with Crippen LogP contribution >= 0.6 is 0 Å². The van der Waals surface area contributed by atoms with Gasteiger partial charge in [-0.15, -0.1) is 0 Å². The number of ether oxygens (including phenoxy) is 1. The van der Waals surface area contributed by atoms with Gasteiger partial charge in [0.25, 0.3) is 10.0 Å². The second kappa shape index (κ2) is 8.32. The molecule has 1 aliphatic heterocycles. The molecule has 0 atom stereocenters. The van der Waals surface area contributed by atoms with Gasteiger partial charge in [-0.3, -0.25) is 9.71 Å². The van der Waals surface area contributed by atoms with Crippen LogP contribution in [0.25, 0.3) is 6.08 Å². The first-order chi connectivity index (χ1) is 15.5. The van der Waals surface area contributed by atoms with E-state index in [0.29, 0.717) is 28.6 Å². The number of hydrogen-bond acceptors (Lipinski definition) is 5. The van der Waals surface area contributed by atoms with Gasteiger partial charge in [-0.2, -0.15) is 0 Å². The number of phenolic OH excluding ortho intramolecular Hbond substituents is 1. The number of nitrogens with one attached hydrogen (secondary N) is 1. The molecule has 0 fully saturated rings. The Morgan fingerprint density at radius 3 is 2.52 bits per heavy atom. The van der Waals surface area contributed by atoms with Gasteiger partial charge in [0.05, 0.1) is 11.3 Å². The molecule has 0 saturated heterocycles. The van der Waals surface area contributed by atoms with Crippen LogP contribution in [0.2, 0.25) is 0 Å². The van der Waals surface area contributed by atoms with Crippen LogP contribution in [0.3, 0.4) is 0 Å². The Labute approximate surface area is 189 Å². The highest BCUT2D eigenvalue weighted by atomic mass is 32.2. The number of aromatic hydroxyl groups is 1. The van der Waals surface area contributed by atoms with E-state index in [2.05, 4.69) is 9.71 Å². The molecule has 1 aliphatic rings. The molecular weight excluding hydrogens is 450 g/mol. The quantitative estimate of drug-likeness (QED) is 0.489. The first kappa shape index (κ1) is 22.5. The second-order valence-corrected chi connectivity index (χ2v) is 9.59. The highest BCUT2D eigenvalue weighted by Gasteiger charge is 2.24. The monoisotopic (exact) mass is 470 g/mol. The van der Waals surface area contributed by atoms with Gasteiger partial charge in [-0.1, -0.05) is 0 Å². The van der Waals surface area contributed by atoms with Crippen molar-refractivity contribution >= 4 is 33.7 Å². The lowest BCUT2D eigenvalue weighted by molar-refractivity contribution is 0.158. The van der Waals surface area contributed by atoms with Crippen molar-refractivity contribution in [2.75, 3.05) is 4.72 Å². The van der Waals surface area contributed by atoms with E-state index in [1.165, 1.54) is 30.5 Å². The van der Waals surface area contributed by atoms with Crippen LogP contribution in [0.15, 0.2) is 70.6 Å². The fourth-order valence-electron chi connectivity index (χ4n) is 3.21. The van der Waals surface area contributed by atoms with Crippen molar-refractivity contribution in [1.82, 2.24) is 0 Å². The van der Waals surface area contributed by atoms with Crippen molar-refractivity contribution in [3.05, 3.63) is 83.4 Å². The Hall–Kier alpha value is -3.72. The molecule has 0 spiro atoms. The molecule has 33 heavy (non-hydrogen) atoms. The van der Waals surface area contributed by atoms with E-state index in [1.54, 1.807) is 18.2 Å². The summed E-state index contributed by atoms with van der Waals surface area (Å²) in [6.07, 6.45) is 5.13. The first-order valence-corrected chi connectivity index (χ1v) is 11.4. The Bertz CT molecular complexity index is 1380. The van der Waals surface area contributed by atoms with Gasteiger partial charge in [0, 0.05) is 17.5 Å². The van der Waals surface area contributed by atoms with Gasteiger partial charge in [-0.25, -0.2) is 17.2 Å². The third kappa shape index (κ3) is 4.88. The number of phenols is 1. The predicted molar refractivity (Wildman–Crippen MR) is 123 cm³/mol. The maximum atomic E-state index is 13.8. The summed E-state index contributed by atoms with van der Waals surface area (Å²) in [7, 11) is -4.31. The van der Waals surface area contributed by atoms with Crippen molar-refractivity contribution in [2.24, 2.45) is 4.99 Å². The lowest BCUT2D eigenvalue weighted by atomic mass is 10.00. The van der Waals surface area contributed by atoms with E-state index in [9.17, 15) is 22.3 Å². The van der Waals surface area contributed by atoms with Crippen LogP contribution < -0.4 is 9.46 Å². The average Bonchev–Trinajstić information content (AvgIpc) is 2.75. The average molecular weight is 470 g/mol. The first-order valence-electron chi connectivity index (χ1n) is 9.90. The van der Waals surface area contributed by atoms with Crippen LogP contribution in [0.4, 0.5) is 20.2 Å². The summed E-state index contributed by atoms with van der Waals surface area (Å²) in [5.74, 6) is -1.32. The van der Waals surface area contributed by atoms with Crippen molar-refractivity contribution in [3.8, 4) is 11.5 Å². The van der Waals surface area contributed by atoms with E-state index >= 15 is 0 Å². The molecule has 0 unspecified atom stereocenters. The number of sulfonamides is 1. The Balaban J connectivity index is 1.51. The molecule has 0 amide bonds. The number of aliphatic imine (C=N–C) groups is 1. The maximum Gasteiger partial charge on any atom is 0.264 e. The minimum absolute atomic E-state index is 0.0319. The molecule has 0 aromatic heterocycles.